The summed E-state index contributed by atoms with van der Waals surface area (Å²) in [6.45, 7) is 7.01. The van der Waals surface area contributed by atoms with Gasteiger partial charge in [0.15, 0.2) is 0 Å². The van der Waals surface area contributed by atoms with Gasteiger partial charge in [-0.25, -0.2) is 0 Å². The van der Waals surface area contributed by atoms with Gasteiger partial charge in [0, 0.05) is 17.8 Å². The van der Waals surface area contributed by atoms with Crippen LogP contribution in [0.2, 0.25) is 0 Å². The summed E-state index contributed by atoms with van der Waals surface area (Å²) >= 11 is 2.00. The van der Waals surface area contributed by atoms with Crippen LogP contribution in [0.25, 0.3) is 0 Å². The zero-order valence-electron chi connectivity index (χ0n) is 6.40. The zero-order valence-corrected chi connectivity index (χ0v) is 7.22. The lowest BCUT2D eigenvalue weighted by atomic mass is 9.89. The molecule has 0 unspecified atom stereocenters. The van der Waals surface area contributed by atoms with Gasteiger partial charge in [0.25, 0.3) is 0 Å². The fraction of sp³-hybridized carbons (Fsp3) is 1.00. The Morgan fingerprint density at radius 1 is 1.44 bits per heavy atom. The number of hydrogen-bond acceptors (Lipinski definition) is 2. The molecular weight excluding hydrogens is 130 g/mol. The van der Waals surface area contributed by atoms with Crippen LogP contribution in [0.4, 0.5) is 0 Å². The van der Waals surface area contributed by atoms with E-state index in [1.165, 1.54) is 13.1 Å². The predicted molar refractivity (Wildman–Crippen MR) is 44.0 cm³/mol. The average molecular weight is 145 g/mol. The van der Waals surface area contributed by atoms with Gasteiger partial charge >= 0.3 is 0 Å². The van der Waals surface area contributed by atoms with Crippen molar-refractivity contribution in [1.82, 2.24) is 5.32 Å². The van der Waals surface area contributed by atoms with E-state index in [0.717, 1.165) is 5.92 Å². The highest BCUT2D eigenvalue weighted by Gasteiger charge is 2.38. The van der Waals surface area contributed by atoms with Crippen LogP contribution in [0.15, 0.2) is 0 Å². The predicted octanol–water partition coefficient (Wildman–Crippen LogP) is 1.35. The SMILES string of the molecule is CSC1(C(C)C)CNC1. The third-order valence-electron chi connectivity index (χ3n) is 2.31. The van der Waals surface area contributed by atoms with Crippen molar-refractivity contribution >= 4 is 11.8 Å². The first-order chi connectivity index (χ1) is 4.21. The van der Waals surface area contributed by atoms with Gasteiger partial charge in [-0.3, -0.25) is 0 Å². The van der Waals surface area contributed by atoms with Gasteiger partial charge in [0.05, 0.1) is 0 Å². The first-order valence-electron chi connectivity index (χ1n) is 3.47. The summed E-state index contributed by atoms with van der Waals surface area (Å²) in [4.78, 5) is 0. The normalized spacial score (nSPS) is 24.0. The van der Waals surface area contributed by atoms with Crippen LogP contribution in [0, 0.1) is 5.92 Å². The molecule has 1 fully saturated rings. The Labute approximate surface area is 61.6 Å². The van der Waals surface area contributed by atoms with Crippen LogP contribution in [0.3, 0.4) is 0 Å². The van der Waals surface area contributed by atoms with E-state index in [2.05, 4.69) is 25.4 Å². The van der Waals surface area contributed by atoms with E-state index in [0.29, 0.717) is 4.75 Å². The van der Waals surface area contributed by atoms with Gasteiger partial charge in [0.1, 0.15) is 0 Å². The molecule has 0 aromatic rings. The highest BCUT2D eigenvalue weighted by Crippen LogP contribution is 2.34. The molecule has 1 aliphatic heterocycles. The van der Waals surface area contributed by atoms with Crippen LogP contribution >= 0.6 is 11.8 Å². The van der Waals surface area contributed by atoms with Crippen LogP contribution in [0.1, 0.15) is 13.8 Å². The smallest absolute Gasteiger partial charge is 0.0428 e. The first-order valence-corrected chi connectivity index (χ1v) is 4.69. The molecule has 0 aromatic heterocycles. The van der Waals surface area contributed by atoms with Gasteiger partial charge in [-0.2, -0.15) is 11.8 Å². The summed E-state index contributed by atoms with van der Waals surface area (Å²) in [6, 6.07) is 0. The molecule has 54 valence electrons. The number of hydrogen-bond donors (Lipinski definition) is 1. The monoisotopic (exact) mass is 145 g/mol. The second kappa shape index (κ2) is 2.51. The molecule has 0 saturated carbocycles. The lowest BCUT2D eigenvalue weighted by molar-refractivity contribution is 0.308. The molecule has 0 radical (unpaired) electrons. The molecule has 1 heterocycles. The molecule has 1 nitrogen and oxygen atoms in total. The van der Waals surface area contributed by atoms with E-state index in [4.69, 9.17) is 0 Å². The lowest BCUT2D eigenvalue weighted by Crippen LogP contribution is -2.59. The van der Waals surface area contributed by atoms with Gasteiger partial charge in [-0.15, -0.1) is 0 Å². The molecule has 1 N–H and O–H groups in total. The average Bonchev–Trinajstić information content (AvgIpc) is 1.62. The second-order valence-corrected chi connectivity index (χ2v) is 4.25. The van der Waals surface area contributed by atoms with Crippen molar-refractivity contribution in [3.63, 3.8) is 0 Å². The molecule has 1 saturated heterocycles. The largest absolute Gasteiger partial charge is 0.314 e. The Morgan fingerprint density at radius 3 is 2.00 bits per heavy atom. The highest BCUT2D eigenvalue weighted by atomic mass is 32.2. The van der Waals surface area contributed by atoms with E-state index in [1.807, 2.05) is 11.8 Å². The van der Waals surface area contributed by atoms with Gasteiger partial charge in [0.2, 0.25) is 0 Å². The first kappa shape index (κ1) is 7.42. The number of nitrogens with one attached hydrogen (secondary N) is 1. The second-order valence-electron chi connectivity index (χ2n) is 3.03. The molecule has 0 aliphatic carbocycles. The molecular formula is C7H15NS. The molecule has 1 aliphatic rings. The summed E-state index contributed by atoms with van der Waals surface area (Å²) < 4.78 is 0.569. The van der Waals surface area contributed by atoms with Crippen LogP contribution in [-0.4, -0.2) is 24.1 Å². The quantitative estimate of drug-likeness (QED) is 0.629. The fourth-order valence-corrected chi connectivity index (χ4v) is 2.12. The maximum atomic E-state index is 3.31. The molecule has 0 aromatic carbocycles. The molecule has 2 heteroatoms. The summed E-state index contributed by atoms with van der Waals surface area (Å²) in [6.07, 6.45) is 2.21. The van der Waals surface area contributed by atoms with Crippen molar-refractivity contribution in [2.45, 2.75) is 18.6 Å². The Hall–Kier alpha value is 0.310. The number of rotatable bonds is 2. The van der Waals surface area contributed by atoms with Crippen molar-refractivity contribution in [2.75, 3.05) is 19.3 Å². The Balaban J connectivity index is 2.46. The minimum atomic E-state index is 0.569. The van der Waals surface area contributed by atoms with Crippen molar-refractivity contribution in [3.05, 3.63) is 0 Å². The van der Waals surface area contributed by atoms with E-state index in [-0.39, 0.29) is 0 Å². The highest BCUT2D eigenvalue weighted by molar-refractivity contribution is 8.00. The standard InChI is InChI=1S/C7H15NS/c1-6(2)7(9-3)4-8-5-7/h6,8H,4-5H2,1-3H3. The van der Waals surface area contributed by atoms with Crippen LogP contribution in [0.5, 0.6) is 0 Å². The Kier molecular flexibility index (Phi) is 2.07. The van der Waals surface area contributed by atoms with Gasteiger partial charge in [-0.1, -0.05) is 13.8 Å². The summed E-state index contributed by atoms with van der Waals surface area (Å²) in [7, 11) is 0. The minimum Gasteiger partial charge on any atom is -0.314 e. The topological polar surface area (TPSA) is 12.0 Å². The summed E-state index contributed by atoms with van der Waals surface area (Å²) in [5.74, 6) is 0.814. The summed E-state index contributed by atoms with van der Waals surface area (Å²) in [5.41, 5.74) is 0. The third-order valence-corrected chi connectivity index (χ3v) is 3.88. The molecule has 1 rings (SSSR count). The fourth-order valence-electron chi connectivity index (χ4n) is 1.16. The van der Waals surface area contributed by atoms with Crippen molar-refractivity contribution in [3.8, 4) is 0 Å². The molecule has 0 atom stereocenters. The minimum absolute atomic E-state index is 0.569. The Morgan fingerprint density at radius 2 is 2.00 bits per heavy atom. The lowest BCUT2D eigenvalue weighted by Gasteiger charge is -2.44. The molecule has 9 heavy (non-hydrogen) atoms. The summed E-state index contributed by atoms with van der Waals surface area (Å²) in [5, 5.41) is 3.31. The van der Waals surface area contributed by atoms with E-state index in [1.54, 1.807) is 0 Å². The molecule has 0 spiro atoms. The van der Waals surface area contributed by atoms with E-state index < -0.39 is 0 Å². The van der Waals surface area contributed by atoms with Crippen LogP contribution in [-0.2, 0) is 0 Å². The van der Waals surface area contributed by atoms with Crippen molar-refractivity contribution in [1.29, 1.82) is 0 Å². The van der Waals surface area contributed by atoms with Crippen molar-refractivity contribution in [2.24, 2.45) is 5.92 Å². The van der Waals surface area contributed by atoms with E-state index >= 15 is 0 Å². The number of thioether (sulfide) groups is 1. The van der Waals surface area contributed by atoms with Crippen molar-refractivity contribution < 1.29 is 0 Å². The maximum absolute atomic E-state index is 3.31. The molecule has 0 bridgehead atoms. The van der Waals surface area contributed by atoms with Gasteiger partial charge in [-0.05, 0) is 12.2 Å². The maximum Gasteiger partial charge on any atom is 0.0428 e. The van der Waals surface area contributed by atoms with Gasteiger partial charge < -0.3 is 5.32 Å². The molecule has 0 amide bonds. The zero-order chi connectivity index (χ0) is 6.91. The van der Waals surface area contributed by atoms with Crippen LogP contribution < -0.4 is 5.32 Å². The third kappa shape index (κ3) is 1.10. The van der Waals surface area contributed by atoms with E-state index in [9.17, 15) is 0 Å². The Bertz CT molecular complexity index is 91.6.